The maximum Gasteiger partial charge on any atom is 0.0521 e. The molecule has 2 nitrogen and oxygen atoms in total. The van der Waals surface area contributed by atoms with Gasteiger partial charge in [-0.2, -0.15) is 0 Å². The van der Waals surface area contributed by atoms with Gasteiger partial charge in [0, 0.05) is 11.4 Å². The van der Waals surface area contributed by atoms with E-state index in [0.29, 0.717) is 12.0 Å². The molecule has 2 atom stereocenters. The number of thioether (sulfide) groups is 1. The van der Waals surface area contributed by atoms with Crippen LogP contribution in [0.2, 0.25) is 0 Å². The zero-order chi connectivity index (χ0) is 18.7. The molecule has 26 heavy (non-hydrogen) atoms. The van der Waals surface area contributed by atoms with Crippen molar-refractivity contribution in [1.82, 2.24) is 5.01 Å². The lowest BCUT2D eigenvalue weighted by atomic mass is 9.80. The first-order valence-corrected chi connectivity index (χ1v) is 10.9. The maximum absolute atomic E-state index is 6.45. The molecule has 140 valence electrons. The van der Waals surface area contributed by atoms with Gasteiger partial charge < -0.3 is 0 Å². The van der Waals surface area contributed by atoms with Gasteiger partial charge in [-0.1, -0.05) is 63.2 Å². The van der Waals surface area contributed by atoms with Crippen molar-refractivity contribution in [1.29, 1.82) is 0 Å². The highest BCUT2D eigenvalue weighted by Crippen LogP contribution is 2.38. The molecule has 1 aliphatic rings. The minimum absolute atomic E-state index is 0.178. The Morgan fingerprint density at radius 2 is 1.85 bits per heavy atom. The summed E-state index contributed by atoms with van der Waals surface area (Å²) in [6.07, 6.45) is 5.69. The summed E-state index contributed by atoms with van der Waals surface area (Å²) < 4.78 is 0. The van der Waals surface area contributed by atoms with E-state index in [1.807, 2.05) is 11.8 Å². The topological polar surface area (TPSA) is 29.3 Å². The van der Waals surface area contributed by atoms with Gasteiger partial charge in [0.1, 0.15) is 0 Å². The van der Waals surface area contributed by atoms with Crippen molar-refractivity contribution in [2.45, 2.75) is 56.4 Å². The zero-order valence-electron chi connectivity index (χ0n) is 16.5. The summed E-state index contributed by atoms with van der Waals surface area (Å²) in [4.78, 5) is 1.40. The van der Waals surface area contributed by atoms with E-state index < -0.39 is 0 Å². The summed E-state index contributed by atoms with van der Waals surface area (Å²) >= 11 is 1.86. The highest BCUT2D eigenvalue weighted by Gasteiger charge is 2.31. The Morgan fingerprint density at radius 3 is 2.50 bits per heavy atom. The molecule has 0 aromatic heterocycles. The fraction of sp³-hybridized carbons (Fsp3) is 0.478. The van der Waals surface area contributed by atoms with Crippen LogP contribution in [0.4, 0.5) is 0 Å². The van der Waals surface area contributed by atoms with Crippen molar-refractivity contribution < 1.29 is 0 Å². The standard InChI is InChI=1S/C23H32N2S/c1-23(2,3)20-12-13-21(26-4)19(16-20)15-18-11-8-14-25(24)22(18)17-9-6-5-7-10-17/h5-7,9-10,12-13,16,18,22H,8,11,14-15,24H2,1-4H3. The summed E-state index contributed by atoms with van der Waals surface area (Å²) in [6, 6.07) is 18.1. The summed E-state index contributed by atoms with van der Waals surface area (Å²) in [5, 5.41) is 2.07. The molecule has 0 amide bonds. The van der Waals surface area contributed by atoms with E-state index in [2.05, 4.69) is 80.6 Å². The minimum atomic E-state index is 0.178. The van der Waals surface area contributed by atoms with Crippen molar-refractivity contribution >= 4 is 11.8 Å². The summed E-state index contributed by atoms with van der Waals surface area (Å²) in [5.74, 6) is 7.01. The third kappa shape index (κ3) is 4.33. The second-order valence-electron chi connectivity index (χ2n) is 8.48. The fourth-order valence-electron chi connectivity index (χ4n) is 4.12. The largest absolute Gasteiger partial charge is 0.268 e. The first-order valence-electron chi connectivity index (χ1n) is 9.64. The molecular weight excluding hydrogens is 336 g/mol. The SMILES string of the molecule is CSc1ccc(C(C)(C)C)cc1CC1CCCN(N)C1c1ccccc1. The lowest BCUT2D eigenvalue weighted by molar-refractivity contribution is 0.0923. The molecule has 2 aromatic carbocycles. The van der Waals surface area contributed by atoms with Crippen LogP contribution in [0, 0.1) is 5.92 Å². The van der Waals surface area contributed by atoms with E-state index in [1.54, 1.807) is 0 Å². The minimum Gasteiger partial charge on any atom is -0.268 e. The van der Waals surface area contributed by atoms with Crippen LogP contribution in [0.3, 0.4) is 0 Å². The van der Waals surface area contributed by atoms with Gasteiger partial charge in [-0.05, 0) is 59.6 Å². The van der Waals surface area contributed by atoms with Crippen LogP contribution in [-0.2, 0) is 11.8 Å². The molecule has 3 heteroatoms. The van der Waals surface area contributed by atoms with Crippen LogP contribution in [0.1, 0.15) is 56.3 Å². The second kappa shape index (κ2) is 8.16. The normalized spacial score (nSPS) is 21.7. The van der Waals surface area contributed by atoms with E-state index in [1.165, 1.54) is 34.4 Å². The van der Waals surface area contributed by atoms with Gasteiger partial charge in [0.25, 0.3) is 0 Å². The zero-order valence-corrected chi connectivity index (χ0v) is 17.4. The van der Waals surface area contributed by atoms with Crippen molar-refractivity contribution in [2.75, 3.05) is 12.8 Å². The van der Waals surface area contributed by atoms with Gasteiger partial charge in [-0.15, -0.1) is 11.8 Å². The first-order chi connectivity index (χ1) is 12.4. The van der Waals surface area contributed by atoms with Crippen LogP contribution in [0.25, 0.3) is 0 Å². The van der Waals surface area contributed by atoms with Gasteiger partial charge in [-0.25, -0.2) is 5.01 Å². The average molecular weight is 369 g/mol. The lowest BCUT2D eigenvalue weighted by Gasteiger charge is -2.39. The molecule has 0 saturated carbocycles. The third-order valence-corrected chi connectivity index (χ3v) is 6.40. The molecule has 0 bridgehead atoms. The van der Waals surface area contributed by atoms with Crippen molar-refractivity contribution in [3.8, 4) is 0 Å². The molecule has 2 aromatic rings. The summed E-state index contributed by atoms with van der Waals surface area (Å²) in [5.41, 5.74) is 4.42. The quantitative estimate of drug-likeness (QED) is 0.564. The Labute approximate surface area is 163 Å². The van der Waals surface area contributed by atoms with Crippen molar-refractivity contribution in [2.24, 2.45) is 11.8 Å². The molecule has 1 saturated heterocycles. The molecule has 3 rings (SSSR count). The second-order valence-corrected chi connectivity index (χ2v) is 9.32. The predicted octanol–water partition coefficient (Wildman–Crippen LogP) is 5.58. The van der Waals surface area contributed by atoms with Crippen LogP contribution in [0.5, 0.6) is 0 Å². The number of benzene rings is 2. The van der Waals surface area contributed by atoms with Crippen molar-refractivity contribution in [3.05, 3.63) is 65.2 Å². The van der Waals surface area contributed by atoms with Crippen LogP contribution in [0.15, 0.2) is 53.4 Å². The Kier molecular flexibility index (Phi) is 6.11. The summed E-state index contributed by atoms with van der Waals surface area (Å²) in [6.45, 7) is 7.85. The number of nitrogens with zero attached hydrogens (tertiary/aromatic N) is 1. The van der Waals surface area contributed by atoms with E-state index in [-0.39, 0.29) is 5.41 Å². The molecule has 1 aliphatic heterocycles. The van der Waals surface area contributed by atoms with E-state index >= 15 is 0 Å². The Bertz CT molecular complexity index is 721. The Morgan fingerprint density at radius 1 is 1.12 bits per heavy atom. The third-order valence-electron chi connectivity index (χ3n) is 5.56. The predicted molar refractivity (Wildman–Crippen MR) is 113 cm³/mol. The Balaban J connectivity index is 1.93. The smallest absolute Gasteiger partial charge is 0.0521 e. The van der Waals surface area contributed by atoms with Crippen LogP contribution < -0.4 is 5.84 Å². The van der Waals surface area contributed by atoms with Crippen LogP contribution in [-0.4, -0.2) is 17.8 Å². The van der Waals surface area contributed by atoms with E-state index in [4.69, 9.17) is 5.84 Å². The molecule has 2 unspecified atom stereocenters. The van der Waals surface area contributed by atoms with Gasteiger partial charge in [0.2, 0.25) is 0 Å². The summed E-state index contributed by atoms with van der Waals surface area (Å²) in [7, 11) is 0. The fourth-order valence-corrected chi connectivity index (χ4v) is 4.73. The highest BCUT2D eigenvalue weighted by atomic mass is 32.2. The first kappa shape index (κ1) is 19.5. The van der Waals surface area contributed by atoms with Gasteiger partial charge in [0.05, 0.1) is 6.04 Å². The van der Waals surface area contributed by atoms with Gasteiger partial charge in [0.15, 0.2) is 0 Å². The lowest BCUT2D eigenvalue weighted by Crippen LogP contribution is -2.44. The number of rotatable bonds is 4. The molecule has 0 aliphatic carbocycles. The highest BCUT2D eigenvalue weighted by molar-refractivity contribution is 7.98. The number of hydrazine groups is 1. The van der Waals surface area contributed by atoms with Crippen molar-refractivity contribution in [3.63, 3.8) is 0 Å². The average Bonchev–Trinajstić information content (AvgIpc) is 2.62. The van der Waals surface area contributed by atoms with E-state index in [9.17, 15) is 0 Å². The van der Waals surface area contributed by atoms with E-state index in [0.717, 1.165) is 13.0 Å². The number of hydrogen-bond donors (Lipinski definition) is 1. The maximum atomic E-state index is 6.45. The van der Waals surface area contributed by atoms with Crippen LogP contribution >= 0.6 is 11.8 Å². The molecular formula is C23H32N2S. The number of hydrogen-bond acceptors (Lipinski definition) is 3. The Hall–Kier alpha value is -1.29. The number of nitrogens with two attached hydrogens (primary N) is 1. The molecule has 0 spiro atoms. The van der Waals surface area contributed by atoms with Gasteiger partial charge >= 0.3 is 0 Å². The monoisotopic (exact) mass is 368 g/mol. The molecule has 2 N–H and O–H groups in total. The molecule has 1 fully saturated rings. The molecule has 0 radical (unpaired) electrons. The number of piperidine rings is 1. The molecule has 1 heterocycles. The van der Waals surface area contributed by atoms with Gasteiger partial charge in [-0.3, -0.25) is 5.84 Å².